The van der Waals surface area contributed by atoms with Crippen molar-refractivity contribution in [1.29, 1.82) is 0 Å². The van der Waals surface area contributed by atoms with Gasteiger partial charge in [-0.25, -0.2) is 0 Å². The lowest BCUT2D eigenvalue weighted by Gasteiger charge is -2.20. The topological polar surface area (TPSA) is 26.3 Å². The van der Waals surface area contributed by atoms with Crippen molar-refractivity contribution in [2.24, 2.45) is 11.3 Å². The molecule has 0 saturated heterocycles. The van der Waals surface area contributed by atoms with E-state index in [1.54, 1.807) is 0 Å². The third-order valence-electron chi connectivity index (χ3n) is 3.00. The standard InChI is InChI=1S/C11H18ClIO2/c1-9(2,3)15-8(14)7-10(4,5)11(7,12)6-13/h7H,6H2,1-5H3. The monoisotopic (exact) mass is 344 g/mol. The van der Waals surface area contributed by atoms with Crippen LogP contribution in [-0.2, 0) is 9.53 Å². The van der Waals surface area contributed by atoms with E-state index in [2.05, 4.69) is 22.6 Å². The number of halogens is 2. The predicted molar refractivity (Wildman–Crippen MR) is 70.6 cm³/mol. The number of ether oxygens (including phenoxy) is 1. The summed E-state index contributed by atoms with van der Waals surface area (Å²) in [4.78, 5) is 11.5. The van der Waals surface area contributed by atoms with Crippen LogP contribution < -0.4 is 0 Å². The fraction of sp³-hybridized carbons (Fsp3) is 0.909. The van der Waals surface area contributed by atoms with Crippen LogP contribution in [0.15, 0.2) is 0 Å². The second kappa shape index (κ2) is 3.76. The summed E-state index contributed by atoms with van der Waals surface area (Å²) in [6.45, 7) is 9.67. The molecule has 0 heterocycles. The van der Waals surface area contributed by atoms with Crippen molar-refractivity contribution < 1.29 is 9.53 Å². The molecule has 0 N–H and O–H groups in total. The highest BCUT2D eigenvalue weighted by molar-refractivity contribution is 14.1. The van der Waals surface area contributed by atoms with E-state index in [1.807, 2.05) is 34.6 Å². The largest absolute Gasteiger partial charge is 0.460 e. The van der Waals surface area contributed by atoms with Gasteiger partial charge in [0.15, 0.2) is 0 Å². The number of hydrogen-bond donors (Lipinski definition) is 0. The smallest absolute Gasteiger partial charge is 0.311 e. The van der Waals surface area contributed by atoms with E-state index in [0.29, 0.717) is 0 Å². The van der Waals surface area contributed by atoms with Gasteiger partial charge in [-0.1, -0.05) is 36.4 Å². The summed E-state index contributed by atoms with van der Waals surface area (Å²) in [6, 6.07) is 0. The molecule has 88 valence electrons. The average Bonchev–Trinajstić information content (AvgIpc) is 2.43. The fourth-order valence-electron chi connectivity index (χ4n) is 1.89. The van der Waals surface area contributed by atoms with Crippen molar-refractivity contribution in [3.63, 3.8) is 0 Å². The zero-order valence-electron chi connectivity index (χ0n) is 9.86. The van der Waals surface area contributed by atoms with Crippen LogP contribution in [0.3, 0.4) is 0 Å². The third kappa shape index (κ3) is 2.28. The molecule has 0 aromatic carbocycles. The first-order valence-corrected chi connectivity index (χ1v) is 6.94. The molecule has 0 aromatic rings. The molecule has 0 aliphatic heterocycles. The van der Waals surface area contributed by atoms with Gasteiger partial charge >= 0.3 is 5.97 Å². The van der Waals surface area contributed by atoms with Crippen molar-refractivity contribution in [1.82, 2.24) is 0 Å². The third-order valence-corrected chi connectivity index (χ3v) is 5.50. The number of esters is 1. The van der Waals surface area contributed by atoms with E-state index in [1.165, 1.54) is 0 Å². The van der Waals surface area contributed by atoms with E-state index in [9.17, 15) is 4.79 Å². The Hall–Kier alpha value is 0.490. The first-order chi connectivity index (χ1) is 6.56. The molecule has 1 aliphatic carbocycles. The molecule has 0 radical (unpaired) electrons. The average molecular weight is 345 g/mol. The van der Waals surface area contributed by atoms with E-state index < -0.39 is 10.5 Å². The summed E-state index contributed by atoms with van der Waals surface area (Å²) < 4.78 is 6.13. The van der Waals surface area contributed by atoms with E-state index >= 15 is 0 Å². The Bertz CT molecular complexity index is 283. The minimum Gasteiger partial charge on any atom is -0.460 e. The van der Waals surface area contributed by atoms with E-state index in [-0.39, 0.29) is 17.3 Å². The Morgan fingerprint density at radius 3 is 2.20 bits per heavy atom. The maximum atomic E-state index is 11.9. The number of hydrogen-bond acceptors (Lipinski definition) is 2. The van der Waals surface area contributed by atoms with E-state index in [4.69, 9.17) is 16.3 Å². The molecular formula is C11H18ClIO2. The van der Waals surface area contributed by atoms with Gasteiger partial charge in [0.1, 0.15) is 5.60 Å². The Balaban J connectivity index is 2.73. The molecule has 1 saturated carbocycles. The lowest BCUT2D eigenvalue weighted by molar-refractivity contribution is -0.157. The molecule has 0 bridgehead atoms. The van der Waals surface area contributed by atoms with Gasteiger partial charge in [-0.2, -0.15) is 0 Å². The Morgan fingerprint density at radius 1 is 1.47 bits per heavy atom. The van der Waals surface area contributed by atoms with Crippen LogP contribution >= 0.6 is 34.2 Å². The van der Waals surface area contributed by atoms with Gasteiger partial charge in [-0.05, 0) is 20.8 Å². The molecule has 2 nitrogen and oxygen atoms in total. The summed E-state index contributed by atoms with van der Waals surface area (Å²) in [6.07, 6.45) is 0. The van der Waals surface area contributed by atoms with Crippen LogP contribution in [0.1, 0.15) is 34.6 Å². The first-order valence-electron chi connectivity index (χ1n) is 5.04. The summed E-state index contributed by atoms with van der Waals surface area (Å²) in [7, 11) is 0. The summed E-state index contributed by atoms with van der Waals surface area (Å²) in [5, 5.41) is 0. The van der Waals surface area contributed by atoms with Crippen molar-refractivity contribution >= 4 is 40.2 Å². The summed E-state index contributed by atoms with van der Waals surface area (Å²) in [5.74, 6) is -0.345. The fourth-order valence-corrected chi connectivity index (χ4v) is 3.73. The summed E-state index contributed by atoms with van der Waals surface area (Å²) >= 11 is 8.63. The van der Waals surface area contributed by atoms with Crippen molar-refractivity contribution in [2.75, 3.05) is 4.43 Å². The molecule has 0 amide bonds. The molecule has 0 spiro atoms. The first kappa shape index (κ1) is 13.6. The minimum absolute atomic E-state index is 0.155. The highest BCUT2D eigenvalue weighted by Crippen LogP contribution is 2.67. The van der Waals surface area contributed by atoms with Gasteiger partial charge in [0.05, 0.1) is 10.8 Å². The van der Waals surface area contributed by atoms with Crippen LogP contribution in [0, 0.1) is 11.3 Å². The lowest BCUT2D eigenvalue weighted by atomic mass is 10.1. The van der Waals surface area contributed by atoms with Crippen LogP contribution in [0.2, 0.25) is 0 Å². The maximum Gasteiger partial charge on any atom is 0.311 e. The van der Waals surface area contributed by atoms with Crippen LogP contribution in [0.4, 0.5) is 0 Å². The van der Waals surface area contributed by atoms with Crippen molar-refractivity contribution in [3.05, 3.63) is 0 Å². The predicted octanol–water partition coefficient (Wildman–Crippen LogP) is 3.40. The number of carbonyl (C=O) groups is 1. The zero-order valence-corrected chi connectivity index (χ0v) is 12.8. The Kier molecular flexibility index (Phi) is 3.40. The second-order valence-corrected chi connectivity index (χ2v) is 7.12. The highest BCUT2D eigenvalue weighted by Gasteiger charge is 2.74. The Labute approximate surface area is 110 Å². The van der Waals surface area contributed by atoms with Gasteiger partial charge in [-0.3, -0.25) is 4.79 Å². The lowest BCUT2D eigenvalue weighted by Crippen LogP contribution is -2.27. The SMILES string of the molecule is CC(C)(C)OC(=O)C1C(C)(C)C1(Cl)CI. The molecule has 0 aromatic heterocycles. The molecule has 4 heteroatoms. The van der Waals surface area contributed by atoms with Crippen LogP contribution in [0.5, 0.6) is 0 Å². The van der Waals surface area contributed by atoms with Crippen LogP contribution in [0.25, 0.3) is 0 Å². The molecule has 1 aliphatic rings. The normalized spacial score (nSPS) is 33.7. The maximum absolute atomic E-state index is 11.9. The zero-order chi connectivity index (χ0) is 12.1. The molecule has 1 rings (SSSR count). The molecule has 2 atom stereocenters. The van der Waals surface area contributed by atoms with Gasteiger partial charge in [0.25, 0.3) is 0 Å². The molecular weight excluding hydrogens is 326 g/mol. The number of rotatable bonds is 2. The molecule has 15 heavy (non-hydrogen) atoms. The van der Waals surface area contributed by atoms with Gasteiger partial charge in [-0.15, -0.1) is 11.6 Å². The van der Waals surface area contributed by atoms with Gasteiger partial charge in [0.2, 0.25) is 0 Å². The number of carbonyl (C=O) groups excluding carboxylic acids is 1. The highest BCUT2D eigenvalue weighted by atomic mass is 127. The van der Waals surface area contributed by atoms with Crippen molar-refractivity contribution in [2.45, 2.75) is 45.1 Å². The Morgan fingerprint density at radius 2 is 1.93 bits per heavy atom. The molecule has 2 unspecified atom stereocenters. The van der Waals surface area contributed by atoms with Gasteiger partial charge in [0, 0.05) is 9.84 Å². The minimum atomic E-state index is -0.432. The second-order valence-electron chi connectivity index (χ2n) is 5.68. The number of alkyl halides is 2. The summed E-state index contributed by atoms with van der Waals surface area (Å²) in [5.41, 5.74) is -0.586. The molecule has 1 fully saturated rings. The van der Waals surface area contributed by atoms with Crippen molar-refractivity contribution in [3.8, 4) is 0 Å². The van der Waals surface area contributed by atoms with Crippen LogP contribution in [-0.4, -0.2) is 20.9 Å². The quantitative estimate of drug-likeness (QED) is 0.436. The van der Waals surface area contributed by atoms with E-state index in [0.717, 1.165) is 4.43 Å². The van der Waals surface area contributed by atoms with Gasteiger partial charge < -0.3 is 4.74 Å².